The highest BCUT2D eigenvalue weighted by Gasteiger charge is 2.10. The summed E-state index contributed by atoms with van der Waals surface area (Å²) in [4.78, 5) is 24.6. The minimum Gasteiger partial charge on any atom is -0.324 e. The van der Waals surface area contributed by atoms with Gasteiger partial charge in [0.1, 0.15) is 6.54 Å². The highest BCUT2D eigenvalue weighted by molar-refractivity contribution is 9.10. The molecule has 0 atom stereocenters. The Bertz CT molecular complexity index is 1230. The van der Waals surface area contributed by atoms with Crippen molar-refractivity contribution in [3.8, 4) is 11.3 Å². The molecule has 0 unspecified atom stereocenters. The van der Waals surface area contributed by atoms with Gasteiger partial charge in [-0.2, -0.15) is 5.10 Å². The van der Waals surface area contributed by atoms with Gasteiger partial charge in [-0.05, 0) is 35.0 Å². The number of aromatic nitrogens is 2. The smallest absolute Gasteiger partial charge is 0.267 e. The molecular weight excluding hydrogens is 418 g/mol. The van der Waals surface area contributed by atoms with Crippen molar-refractivity contribution in [2.45, 2.75) is 6.54 Å². The van der Waals surface area contributed by atoms with Crippen LogP contribution in [0.3, 0.4) is 0 Å². The molecular formula is C22H16BrN3O2. The Labute approximate surface area is 169 Å². The van der Waals surface area contributed by atoms with Crippen molar-refractivity contribution in [3.05, 3.63) is 93.7 Å². The maximum absolute atomic E-state index is 12.4. The molecule has 5 nitrogen and oxygen atoms in total. The van der Waals surface area contributed by atoms with Crippen LogP contribution in [0.5, 0.6) is 0 Å². The van der Waals surface area contributed by atoms with Crippen LogP contribution in [-0.2, 0) is 11.3 Å². The van der Waals surface area contributed by atoms with Crippen LogP contribution in [0.15, 0.2) is 88.1 Å². The van der Waals surface area contributed by atoms with Crippen LogP contribution in [-0.4, -0.2) is 15.7 Å². The Morgan fingerprint density at radius 3 is 2.61 bits per heavy atom. The lowest BCUT2D eigenvalue weighted by Gasteiger charge is -2.10. The van der Waals surface area contributed by atoms with Gasteiger partial charge < -0.3 is 5.32 Å². The number of halogens is 1. The van der Waals surface area contributed by atoms with Crippen molar-refractivity contribution in [1.29, 1.82) is 0 Å². The second-order valence-corrected chi connectivity index (χ2v) is 7.22. The molecule has 138 valence electrons. The minimum atomic E-state index is -0.326. The first kappa shape index (κ1) is 18.1. The summed E-state index contributed by atoms with van der Waals surface area (Å²) >= 11 is 3.37. The summed E-state index contributed by atoms with van der Waals surface area (Å²) in [6, 6.07) is 24.3. The molecule has 28 heavy (non-hydrogen) atoms. The van der Waals surface area contributed by atoms with Gasteiger partial charge in [0.25, 0.3) is 5.56 Å². The largest absolute Gasteiger partial charge is 0.324 e. The van der Waals surface area contributed by atoms with E-state index in [0.29, 0.717) is 11.4 Å². The van der Waals surface area contributed by atoms with E-state index in [1.165, 1.54) is 10.7 Å². The minimum absolute atomic E-state index is 0.163. The van der Waals surface area contributed by atoms with Crippen LogP contribution in [0.2, 0.25) is 0 Å². The molecule has 0 aliphatic carbocycles. The van der Waals surface area contributed by atoms with Crippen LogP contribution in [0.1, 0.15) is 0 Å². The lowest BCUT2D eigenvalue weighted by atomic mass is 10.0. The quantitative estimate of drug-likeness (QED) is 0.516. The number of hydrogen-bond acceptors (Lipinski definition) is 3. The fourth-order valence-electron chi connectivity index (χ4n) is 3.06. The molecule has 1 aromatic heterocycles. The van der Waals surface area contributed by atoms with Gasteiger partial charge in [0.15, 0.2) is 0 Å². The van der Waals surface area contributed by atoms with E-state index in [0.717, 1.165) is 20.8 Å². The van der Waals surface area contributed by atoms with E-state index in [1.807, 2.05) is 54.6 Å². The lowest BCUT2D eigenvalue weighted by molar-refractivity contribution is -0.117. The molecule has 0 saturated heterocycles. The molecule has 1 amide bonds. The van der Waals surface area contributed by atoms with Gasteiger partial charge >= 0.3 is 0 Å². The van der Waals surface area contributed by atoms with Crippen molar-refractivity contribution < 1.29 is 4.79 Å². The number of fused-ring (bicyclic) bond motifs is 1. The monoisotopic (exact) mass is 433 g/mol. The van der Waals surface area contributed by atoms with Gasteiger partial charge in [0.2, 0.25) is 5.91 Å². The molecule has 0 saturated carbocycles. The van der Waals surface area contributed by atoms with Crippen molar-refractivity contribution in [2.24, 2.45) is 0 Å². The number of amides is 1. The van der Waals surface area contributed by atoms with Crippen molar-refractivity contribution in [2.75, 3.05) is 5.32 Å². The van der Waals surface area contributed by atoms with Crippen molar-refractivity contribution >= 4 is 38.3 Å². The van der Waals surface area contributed by atoms with Gasteiger partial charge in [0, 0.05) is 21.8 Å². The number of nitrogens with one attached hydrogen (secondary N) is 1. The standard InChI is InChI=1S/C22H16BrN3O2/c23-16-7-4-8-17(13-16)24-21(27)14-26-22(28)12-11-20(25-26)19-10-3-6-15-5-1-2-9-18(15)19/h1-13H,14H2,(H,24,27). The van der Waals surface area contributed by atoms with Crippen LogP contribution >= 0.6 is 15.9 Å². The summed E-state index contributed by atoms with van der Waals surface area (Å²) in [5.41, 5.74) is 1.89. The molecule has 0 spiro atoms. The predicted molar refractivity (Wildman–Crippen MR) is 114 cm³/mol. The number of nitrogens with zero attached hydrogens (tertiary/aromatic N) is 2. The molecule has 0 aliphatic rings. The van der Waals surface area contributed by atoms with Gasteiger partial charge in [-0.1, -0.05) is 64.5 Å². The fourth-order valence-corrected chi connectivity index (χ4v) is 3.46. The molecule has 1 N–H and O–H groups in total. The zero-order valence-electron chi connectivity index (χ0n) is 14.8. The molecule has 0 fully saturated rings. The van der Waals surface area contributed by atoms with Crippen LogP contribution < -0.4 is 10.9 Å². The van der Waals surface area contributed by atoms with E-state index in [2.05, 4.69) is 26.3 Å². The van der Waals surface area contributed by atoms with Gasteiger partial charge in [-0.15, -0.1) is 0 Å². The third-order valence-corrected chi connectivity index (χ3v) is 4.83. The zero-order chi connectivity index (χ0) is 19.5. The van der Waals surface area contributed by atoms with Crippen molar-refractivity contribution in [1.82, 2.24) is 9.78 Å². The van der Waals surface area contributed by atoms with E-state index in [9.17, 15) is 9.59 Å². The topological polar surface area (TPSA) is 64.0 Å². The number of benzene rings is 3. The summed E-state index contributed by atoms with van der Waals surface area (Å²) in [7, 11) is 0. The fraction of sp³-hybridized carbons (Fsp3) is 0.0455. The molecule has 0 aliphatic heterocycles. The Hall–Kier alpha value is -3.25. The van der Waals surface area contributed by atoms with Gasteiger partial charge in [0.05, 0.1) is 5.69 Å². The number of carbonyl (C=O) groups is 1. The molecule has 3 aromatic carbocycles. The number of rotatable bonds is 4. The Morgan fingerprint density at radius 2 is 1.75 bits per heavy atom. The Kier molecular flexibility index (Phi) is 5.04. The number of carbonyl (C=O) groups excluding carboxylic acids is 1. The normalized spacial score (nSPS) is 10.8. The summed E-state index contributed by atoms with van der Waals surface area (Å²) in [6.45, 7) is -0.163. The average Bonchev–Trinajstić information content (AvgIpc) is 2.69. The van der Waals surface area contributed by atoms with E-state index >= 15 is 0 Å². The first-order valence-electron chi connectivity index (χ1n) is 8.72. The van der Waals surface area contributed by atoms with E-state index in [4.69, 9.17) is 0 Å². The highest BCUT2D eigenvalue weighted by Crippen LogP contribution is 2.26. The summed E-state index contributed by atoms with van der Waals surface area (Å²) in [5, 5.41) is 9.34. The number of hydrogen-bond donors (Lipinski definition) is 1. The van der Waals surface area contributed by atoms with E-state index in [-0.39, 0.29) is 18.0 Å². The van der Waals surface area contributed by atoms with Crippen LogP contribution in [0.4, 0.5) is 5.69 Å². The molecule has 4 aromatic rings. The molecule has 1 heterocycles. The molecule has 4 rings (SSSR count). The first-order chi connectivity index (χ1) is 13.6. The molecule has 6 heteroatoms. The molecule has 0 bridgehead atoms. The second kappa shape index (κ2) is 7.78. The summed E-state index contributed by atoms with van der Waals surface area (Å²) in [5.74, 6) is -0.317. The van der Waals surface area contributed by atoms with Crippen LogP contribution in [0.25, 0.3) is 22.0 Å². The molecule has 0 radical (unpaired) electrons. The van der Waals surface area contributed by atoms with E-state index < -0.39 is 0 Å². The first-order valence-corrected chi connectivity index (χ1v) is 9.51. The van der Waals surface area contributed by atoms with Crippen molar-refractivity contribution in [3.63, 3.8) is 0 Å². The lowest BCUT2D eigenvalue weighted by Crippen LogP contribution is -2.29. The third-order valence-electron chi connectivity index (χ3n) is 4.33. The zero-order valence-corrected chi connectivity index (χ0v) is 16.4. The maximum Gasteiger partial charge on any atom is 0.267 e. The highest BCUT2D eigenvalue weighted by atomic mass is 79.9. The van der Waals surface area contributed by atoms with Gasteiger partial charge in [-0.3, -0.25) is 9.59 Å². The second-order valence-electron chi connectivity index (χ2n) is 6.30. The summed E-state index contributed by atoms with van der Waals surface area (Å²) in [6.07, 6.45) is 0. The van der Waals surface area contributed by atoms with E-state index in [1.54, 1.807) is 18.2 Å². The van der Waals surface area contributed by atoms with Crippen LogP contribution in [0, 0.1) is 0 Å². The summed E-state index contributed by atoms with van der Waals surface area (Å²) < 4.78 is 2.04. The number of anilines is 1. The van der Waals surface area contributed by atoms with Gasteiger partial charge in [-0.25, -0.2) is 4.68 Å². The third kappa shape index (κ3) is 3.87. The SMILES string of the molecule is O=C(Cn1nc(-c2cccc3ccccc23)ccc1=O)Nc1cccc(Br)c1. The predicted octanol–water partition coefficient (Wildman–Crippen LogP) is 4.46. The maximum atomic E-state index is 12.4. The Balaban J connectivity index is 1.64. The Morgan fingerprint density at radius 1 is 0.964 bits per heavy atom. The average molecular weight is 434 g/mol.